The van der Waals surface area contributed by atoms with E-state index in [2.05, 4.69) is 40.5 Å². The van der Waals surface area contributed by atoms with Crippen LogP contribution in [0.15, 0.2) is 23.2 Å². The number of esters is 1. The van der Waals surface area contributed by atoms with Gasteiger partial charge in [-0.25, -0.2) is 4.79 Å². The molecule has 0 aliphatic carbocycles. The van der Waals surface area contributed by atoms with Crippen molar-refractivity contribution in [2.24, 2.45) is 4.99 Å². The van der Waals surface area contributed by atoms with Gasteiger partial charge in [-0.3, -0.25) is 4.99 Å². The third-order valence-corrected chi connectivity index (χ3v) is 4.83. The fourth-order valence-electron chi connectivity index (χ4n) is 3.15. The van der Waals surface area contributed by atoms with Crippen LogP contribution >= 0.6 is 0 Å². The van der Waals surface area contributed by atoms with Gasteiger partial charge in [0.1, 0.15) is 12.5 Å². The summed E-state index contributed by atoms with van der Waals surface area (Å²) in [5.41, 5.74) is 2.66. The van der Waals surface area contributed by atoms with Crippen molar-refractivity contribution in [1.82, 2.24) is 9.88 Å². The van der Waals surface area contributed by atoms with E-state index in [0.29, 0.717) is 12.2 Å². The molecule has 6 nitrogen and oxygen atoms in total. The zero-order valence-electron chi connectivity index (χ0n) is 17.2. The maximum absolute atomic E-state index is 11.8. The molecule has 0 radical (unpaired) electrons. The number of carbonyl (C=O) groups excluding carboxylic acids is 1. The minimum atomic E-state index is -0.320. The van der Waals surface area contributed by atoms with Gasteiger partial charge in [0.15, 0.2) is 0 Å². The number of ether oxygens (including phenoxy) is 1. The van der Waals surface area contributed by atoms with Gasteiger partial charge < -0.3 is 19.5 Å². The van der Waals surface area contributed by atoms with E-state index in [1.807, 2.05) is 25.5 Å². The van der Waals surface area contributed by atoms with E-state index in [1.165, 1.54) is 26.4 Å². The van der Waals surface area contributed by atoms with Crippen LogP contribution in [0.4, 0.5) is 5.82 Å². The van der Waals surface area contributed by atoms with Crippen LogP contribution < -0.4 is 4.90 Å². The Morgan fingerprint density at radius 3 is 2.74 bits per heavy atom. The zero-order valence-corrected chi connectivity index (χ0v) is 17.2. The van der Waals surface area contributed by atoms with Gasteiger partial charge in [-0.05, 0) is 44.0 Å². The molecule has 0 fully saturated rings. The molecule has 0 amide bonds. The number of aryl methyl sites for hydroxylation is 1. The molecule has 6 heteroatoms. The predicted molar refractivity (Wildman–Crippen MR) is 113 cm³/mol. The molecule has 2 rings (SSSR count). The number of nitrogens with one attached hydrogen (secondary N) is 1. The molecule has 27 heavy (non-hydrogen) atoms. The summed E-state index contributed by atoms with van der Waals surface area (Å²) in [6.45, 7) is 9.02. The van der Waals surface area contributed by atoms with Crippen LogP contribution in [0.3, 0.4) is 0 Å². The smallest absolute Gasteiger partial charge is 0.337 e. The van der Waals surface area contributed by atoms with E-state index in [0.717, 1.165) is 35.4 Å². The molecule has 0 aliphatic rings. The van der Waals surface area contributed by atoms with Crippen LogP contribution in [0.5, 0.6) is 0 Å². The Hall–Kier alpha value is -2.50. The van der Waals surface area contributed by atoms with Gasteiger partial charge in [0.25, 0.3) is 0 Å². The van der Waals surface area contributed by atoms with E-state index in [4.69, 9.17) is 4.74 Å². The number of fused-ring (bicyclic) bond motifs is 1. The molecule has 0 atom stereocenters. The van der Waals surface area contributed by atoms with Gasteiger partial charge in [-0.15, -0.1) is 0 Å². The standard InChI is InChI=1S/C21H32N4O2/c1-6-8-9-12-25(7-2)15-22-14-24(4)20-16(3)18-13-17(21(26)27-5)10-11-19(18)23-20/h10-11,13,15,23H,6-9,12,14H2,1-5H3/b22-15+. The minimum absolute atomic E-state index is 0.320. The molecule has 1 aromatic heterocycles. The number of aromatic nitrogens is 1. The van der Waals surface area contributed by atoms with Gasteiger partial charge in [0.2, 0.25) is 0 Å². The maximum atomic E-state index is 11.8. The van der Waals surface area contributed by atoms with E-state index < -0.39 is 0 Å². The lowest BCUT2D eigenvalue weighted by Crippen LogP contribution is -2.25. The third-order valence-electron chi connectivity index (χ3n) is 4.83. The lowest BCUT2D eigenvalue weighted by Gasteiger charge is -2.19. The third kappa shape index (κ3) is 5.25. The second kappa shape index (κ2) is 10.00. The van der Waals surface area contributed by atoms with Crippen molar-refractivity contribution in [3.05, 3.63) is 29.3 Å². The van der Waals surface area contributed by atoms with Gasteiger partial charge >= 0.3 is 5.97 Å². The number of rotatable bonds is 10. The molecule has 1 N–H and O–H groups in total. The van der Waals surface area contributed by atoms with Crippen LogP contribution in [0.2, 0.25) is 0 Å². The summed E-state index contributed by atoms with van der Waals surface area (Å²) in [5.74, 6) is 0.693. The average Bonchev–Trinajstić information content (AvgIpc) is 3.02. The Morgan fingerprint density at radius 1 is 1.30 bits per heavy atom. The second-order valence-corrected chi connectivity index (χ2v) is 6.82. The Balaban J connectivity index is 2.08. The van der Waals surface area contributed by atoms with E-state index >= 15 is 0 Å². The summed E-state index contributed by atoms with van der Waals surface area (Å²) in [5, 5.41) is 1.03. The van der Waals surface area contributed by atoms with Crippen molar-refractivity contribution in [3.63, 3.8) is 0 Å². The number of H-pyrrole nitrogens is 1. The summed E-state index contributed by atoms with van der Waals surface area (Å²) in [4.78, 5) is 24.1. The molecule has 0 spiro atoms. The van der Waals surface area contributed by atoms with Gasteiger partial charge in [0, 0.05) is 31.0 Å². The number of hydrogen-bond donors (Lipinski definition) is 1. The highest BCUT2D eigenvalue weighted by Gasteiger charge is 2.14. The van der Waals surface area contributed by atoms with E-state index in [-0.39, 0.29) is 5.97 Å². The summed E-state index contributed by atoms with van der Waals surface area (Å²) in [6, 6.07) is 5.57. The Bertz CT molecular complexity index is 782. The highest BCUT2D eigenvalue weighted by atomic mass is 16.5. The lowest BCUT2D eigenvalue weighted by atomic mass is 10.1. The average molecular weight is 373 g/mol. The Kier molecular flexibility index (Phi) is 7.70. The number of unbranched alkanes of at least 4 members (excludes halogenated alkanes) is 2. The number of anilines is 1. The number of methoxy groups -OCH3 is 1. The molecular formula is C21H32N4O2. The van der Waals surface area contributed by atoms with Gasteiger partial charge in [0.05, 0.1) is 19.0 Å². The number of benzene rings is 1. The molecule has 148 valence electrons. The van der Waals surface area contributed by atoms with E-state index in [1.54, 1.807) is 6.07 Å². The second-order valence-electron chi connectivity index (χ2n) is 6.82. The van der Waals surface area contributed by atoms with Crippen molar-refractivity contribution in [2.45, 2.75) is 40.0 Å². The largest absolute Gasteiger partial charge is 0.465 e. The molecular weight excluding hydrogens is 340 g/mol. The molecule has 0 bridgehead atoms. The number of nitrogens with zero attached hydrogens (tertiary/aromatic N) is 3. The van der Waals surface area contributed by atoms with Crippen LogP contribution in [0.1, 0.15) is 49.0 Å². The molecule has 1 heterocycles. The van der Waals surface area contributed by atoms with Crippen LogP contribution in [0.25, 0.3) is 10.9 Å². The number of carbonyl (C=O) groups is 1. The molecule has 0 unspecified atom stereocenters. The monoisotopic (exact) mass is 372 g/mol. The SMILES string of the molecule is CCCCCN(/C=N/CN(C)c1[nH]c2ccc(C(=O)OC)cc2c1C)CC. The summed E-state index contributed by atoms with van der Waals surface area (Å²) < 4.78 is 4.82. The molecule has 0 saturated carbocycles. The fourth-order valence-corrected chi connectivity index (χ4v) is 3.15. The van der Waals surface area contributed by atoms with Crippen molar-refractivity contribution >= 4 is 29.0 Å². The van der Waals surface area contributed by atoms with Crippen LogP contribution in [0, 0.1) is 6.92 Å². The first-order valence-electron chi connectivity index (χ1n) is 9.67. The topological polar surface area (TPSA) is 60.9 Å². The predicted octanol–water partition coefficient (Wildman–Crippen LogP) is 4.20. The quantitative estimate of drug-likeness (QED) is 0.294. The molecule has 0 aliphatic heterocycles. The summed E-state index contributed by atoms with van der Waals surface area (Å²) in [6.07, 6.45) is 5.65. The lowest BCUT2D eigenvalue weighted by molar-refractivity contribution is 0.0601. The molecule has 2 aromatic rings. The van der Waals surface area contributed by atoms with Crippen molar-refractivity contribution in [2.75, 3.05) is 38.8 Å². The highest BCUT2D eigenvalue weighted by Crippen LogP contribution is 2.28. The first kappa shape index (κ1) is 20.8. The number of aliphatic imine (C=N–C) groups is 1. The number of hydrogen-bond acceptors (Lipinski definition) is 4. The maximum Gasteiger partial charge on any atom is 0.337 e. The summed E-state index contributed by atoms with van der Waals surface area (Å²) >= 11 is 0. The van der Waals surface area contributed by atoms with Gasteiger partial charge in [-0.2, -0.15) is 0 Å². The first-order chi connectivity index (χ1) is 13.0. The minimum Gasteiger partial charge on any atom is -0.465 e. The Labute approximate surface area is 162 Å². The summed E-state index contributed by atoms with van der Waals surface area (Å²) in [7, 11) is 3.42. The van der Waals surface area contributed by atoms with Crippen molar-refractivity contribution in [1.29, 1.82) is 0 Å². The van der Waals surface area contributed by atoms with E-state index in [9.17, 15) is 4.79 Å². The zero-order chi connectivity index (χ0) is 19.8. The van der Waals surface area contributed by atoms with Crippen LogP contribution in [-0.2, 0) is 4.74 Å². The molecule has 0 saturated heterocycles. The normalized spacial score (nSPS) is 11.3. The van der Waals surface area contributed by atoms with Gasteiger partial charge in [-0.1, -0.05) is 19.8 Å². The van der Waals surface area contributed by atoms with Crippen LogP contribution in [-0.4, -0.2) is 56.1 Å². The first-order valence-corrected chi connectivity index (χ1v) is 9.67. The fraction of sp³-hybridized carbons (Fsp3) is 0.524. The Morgan fingerprint density at radius 2 is 2.07 bits per heavy atom. The van der Waals surface area contributed by atoms with Crippen molar-refractivity contribution in [3.8, 4) is 0 Å². The van der Waals surface area contributed by atoms with Crippen molar-refractivity contribution < 1.29 is 9.53 Å². The highest BCUT2D eigenvalue weighted by molar-refractivity contribution is 5.97. The molecule has 1 aromatic carbocycles. The number of aromatic amines is 1.